The molecule has 0 spiro atoms. The summed E-state index contributed by atoms with van der Waals surface area (Å²) in [5, 5.41) is 12.1. The van der Waals surface area contributed by atoms with Crippen LogP contribution in [0.2, 0.25) is 5.02 Å². The summed E-state index contributed by atoms with van der Waals surface area (Å²) in [7, 11) is 1.60. The summed E-state index contributed by atoms with van der Waals surface area (Å²) in [5.74, 6) is 2.15. The van der Waals surface area contributed by atoms with E-state index < -0.39 is 0 Å². The van der Waals surface area contributed by atoms with Crippen LogP contribution in [0.5, 0.6) is 23.0 Å². The molecular formula is C24H24ClNO5. The second-order valence-corrected chi connectivity index (χ2v) is 6.96. The predicted octanol–water partition coefficient (Wildman–Crippen LogP) is 5.71. The molecule has 0 heterocycles. The van der Waals surface area contributed by atoms with Crippen molar-refractivity contribution < 1.29 is 24.2 Å². The summed E-state index contributed by atoms with van der Waals surface area (Å²) in [4.78, 5) is 0. The van der Waals surface area contributed by atoms with Crippen molar-refractivity contribution in [3.05, 3.63) is 82.4 Å². The van der Waals surface area contributed by atoms with Crippen LogP contribution in [-0.2, 0) is 13.2 Å². The number of halogens is 1. The second-order valence-electron chi connectivity index (χ2n) is 6.56. The highest BCUT2D eigenvalue weighted by Crippen LogP contribution is 2.37. The van der Waals surface area contributed by atoms with Gasteiger partial charge in [0, 0.05) is 5.56 Å². The minimum atomic E-state index is 0.253. The lowest BCUT2D eigenvalue weighted by Gasteiger charge is -2.16. The lowest BCUT2D eigenvalue weighted by Crippen LogP contribution is -2.02. The van der Waals surface area contributed by atoms with Crippen molar-refractivity contribution in [1.82, 2.24) is 0 Å². The molecule has 6 nitrogen and oxygen atoms in total. The van der Waals surface area contributed by atoms with E-state index in [0.717, 1.165) is 11.1 Å². The Kier molecular flexibility index (Phi) is 8.01. The van der Waals surface area contributed by atoms with Crippen LogP contribution < -0.4 is 18.9 Å². The van der Waals surface area contributed by atoms with Crippen molar-refractivity contribution >= 4 is 17.8 Å². The molecule has 0 saturated carbocycles. The van der Waals surface area contributed by atoms with E-state index in [1.54, 1.807) is 19.2 Å². The lowest BCUT2D eigenvalue weighted by molar-refractivity contribution is 0.267. The van der Waals surface area contributed by atoms with Gasteiger partial charge < -0.3 is 24.2 Å². The topological polar surface area (TPSA) is 69.5 Å². The van der Waals surface area contributed by atoms with E-state index in [-0.39, 0.29) is 6.61 Å². The van der Waals surface area contributed by atoms with Gasteiger partial charge in [-0.3, -0.25) is 0 Å². The summed E-state index contributed by atoms with van der Waals surface area (Å²) in [5.41, 5.74) is 2.55. The van der Waals surface area contributed by atoms with E-state index in [0.29, 0.717) is 46.8 Å². The maximum Gasteiger partial charge on any atom is 0.180 e. The van der Waals surface area contributed by atoms with Crippen LogP contribution in [-0.4, -0.2) is 25.1 Å². The Bertz CT molecular complexity index is 1020. The summed E-state index contributed by atoms with van der Waals surface area (Å²) >= 11 is 6.36. The standard InChI is InChI=1S/C24H24ClNO5/c1-3-29-23-13-19(14-26-27)11-20(25)24(23)31-16-18-9-10-21(22(12-18)28-2)30-15-17-7-5-4-6-8-17/h4-14,27H,3,15-16H2,1-2H3/b26-14+. The van der Waals surface area contributed by atoms with Crippen LogP contribution in [0.4, 0.5) is 0 Å². The number of hydrogen-bond donors (Lipinski definition) is 1. The second kappa shape index (κ2) is 11.1. The molecule has 0 aromatic heterocycles. The van der Waals surface area contributed by atoms with Gasteiger partial charge in [0.2, 0.25) is 0 Å². The lowest BCUT2D eigenvalue weighted by atomic mass is 10.2. The van der Waals surface area contributed by atoms with Crippen molar-refractivity contribution in [3.63, 3.8) is 0 Å². The highest BCUT2D eigenvalue weighted by atomic mass is 35.5. The maximum absolute atomic E-state index is 8.76. The number of methoxy groups -OCH3 is 1. The third-order valence-corrected chi connectivity index (χ3v) is 4.67. The monoisotopic (exact) mass is 441 g/mol. The molecule has 0 aliphatic heterocycles. The number of oxime groups is 1. The van der Waals surface area contributed by atoms with E-state index in [1.807, 2.05) is 55.5 Å². The average molecular weight is 442 g/mol. The van der Waals surface area contributed by atoms with Gasteiger partial charge in [0.15, 0.2) is 23.0 Å². The van der Waals surface area contributed by atoms with E-state index >= 15 is 0 Å². The van der Waals surface area contributed by atoms with Gasteiger partial charge in [0.1, 0.15) is 13.2 Å². The molecule has 31 heavy (non-hydrogen) atoms. The van der Waals surface area contributed by atoms with Gasteiger partial charge in [-0.1, -0.05) is 53.2 Å². The molecule has 3 rings (SSSR count). The quantitative estimate of drug-likeness (QED) is 0.248. The molecule has 3 aromatic carbocycles. The molecule has 0 bridgehead atoms. The summed E-state index contributed by atoms with van der Waals surface area (Å²) < 4.78 is 23.0. The number of benzene rings is 3. The zero-order valence-corrected chi connectivity index (χ0v) is 18.1. The Morgan fingerprint density at radius 2 is 1.65 bits per heavy atom. The number of nitrogens with zero attached hydrogens (tertiary/aromatic N) is 1. The Hall–Kier alpha value is -3.38. The van der Waals surface area contributed by atoms with Gasteiger partial charge in [-0.2, -0.15) is 0 Å². The number of rotatable bonds is 10. The van der Waals surface area contributed by atoms with Crippen molar-refractivity contribution in [2.75, 3.05) is 13.7 Å². The zero-order chi connectivity index (χ0) is 22.1. The van der Waals surface area contributed by atoms with Gasteiger partial charge >= 0.3 is 0 Å². The first-order chi connectivity index (χ1) is 15.1. The van der Waals surface area contributed by atoms with E-state index in [1.165, 1.54) is 6.21 Å². The average Bonchev–Trinajstić information content (AvgIpc) is 2.78. The number of ether oxygens (including phenoxy) is 4. The van der Waals surface area contributed by atoms with E-state index in [4.69, 9.17) is 35.8 Å². The van der Waals surface area contributed by atoms with Crippen LogP contribution in [0.1, 0.15) is 23.6 Å². The molecule has 0 saturated heterocycles. The fraction of sp³-hybridized carbons (Fsp3) is 0.208. The van der Waals surface area contributed by atoms with Gasteiger partial charge in [-0.25, -0.2) is 0 Å². The van der Waals surface area contributed by atoms with Crippen LogP contribution in [0.3, 0.4) is 0 Å². The Morgan fingerprint density at radius 1 is 0.871 bits per heavy atom. The van der Waals surface area contributed by atoms with Crippen LogP contribution in [0.25, 0.3) is 0 Å². The van der Waals surface area contributed by atoms with Crippen LogP contribution >= 0.6 is 11.6 Å². The molecule has 0 aliphatic carbocycles. The van der Waals surface area contributed by atoms with E-state index in [2.05, 4.69) is 5.16 Å². The predicted molar refractivity (Wildman–Crippen MR) is 120 cm³/mol. The molecule has 3 aromatic rings. The van der Waals surface area contributed by atoms with Gasteiger partial charge in [-0.15, -0.1) is 0 Å². The molecule has 0 unspecified atom stereocenters. The minimum Gasteiger partial charge on any atom is -0.493 e. The first kappa shape index (κ1) is 22.3. The first-order valence-electron chi connectivity index (χ1n) is 9.74. The van der Waals surface area contributed by atoms with Crippen molar-refractivity contribution in [2.45, 2.75) is 20.1 Å². The fourth-order valence-corrected chi connectivity index (χ4v) is 3.22. The Balaban J connectivity index is 1.73. The first-order valence-corrected chi connectivity index (χ1v) is 10.1. The minimum absolute atomic E-state index is 0.253. The van der Waals surface area contributed by atoms with E-state index in [9.17, 15) is 0 Å². The van der Waals surface area contributed by atoms with Gasteiger partial charge in [-0.05, 0) is 42.3 Å². The van der Waals surface area contributed by atoms with Crippen molar-refractivity contribution in [3.8, 4) is 23.0 Å². The molecular weight excluding hydrogens is 418 g/mol. The zero-order valence-electron chi connectivity index (χ0n) is 17.4. The highest BCUT2D eigenvalue weighted by molar-refractivity contribution is 6.32. The molecule has 7 heteroatoms. The summed E-state index contributed by atoms with van der Waals surface area (Å²) in [6.07, 6.45) is 1.28. The Morgan fingerprint density at radius 3 is 2.35 bits per heavy atom. The third kappa shape index (κ3) is 6.06. The number of hydrogen-bond acceptors (Lipinski definition) is 6. The van der Waals surface area contributed by atoms with Crippen molar-refractivity contribution in [2.24, 2.45) is 5.16 Å². The third-order valence-electron chi connectivity index (χ3n) is 4.39. The molecule has 0 atom stereocenters. The van der Waals surface area contributed by atoms with Gasteiger partial charge in [0.05, 0.1) is 25.0 Å². The molecule has 162 valence electrons. The molecule has 1 N–H and O–H groups in total. The molecule has 0 fully saturated rings. The Labute approximate surface area is 186 Å². The normalized spacial score (nSPS) is 10.8. The molecule has 0 radical (unpaired) electrons. The van der Waals surface area contributed by atoms with Gasteiger partial charge in [0.25, 0.3) is 0 Å². The smallest absolute Gasteiger partial charge is 0.180 e. The van der Waals surface area contributed by atoms with Crippen molar-refractivity contribution in [1.29, 1.82) is 0 Å². The SMILES string of the molecule is CCOc1cc(/C=N/O)cc(Cl)c1OCc1ccc(OCc2ccccc2)c(OC)c1. The maximum atomic E-state index is 8.76. The molecule has 0 aliphatic rings. The molecule has 0 amide bonds. The van der Waals surface area contributed by atoms with Crippen LogP contribution in [0, 0.1) is 0 Å². The summed E-state index contributed by atoms with van der Waals surface area (Å²) in [6, 6.07) is 18.9. The fourth-order valence-electron chi connectivity index (χ4n) is 2.94. The van der Waals surface area contributed by atoms with Crippen LogP contribution in [0.15, 0.2) is 65.8 Å². The largest absolute Gasteiger partial charge is 0.493 e. The highest BCUT2D eigenvalue weighted by Gasteiger charge is 2.14. The summed E-state index contributed by atoms with van der Waals surface area (Å²) in [6.45, 7) is 3.00.